The van der Waals surface area contributed by atoms with Crippen molar-refractivity contribution < 1.29 is 0 Å². The van der Waals surface area contributed by atoms with Gasteiger partial charge in [0.15, 0.2) is 0 Å². The summed E-state index contributed by atoms with van der Waals surface area (Å²) >= 11 is 0. The minimum absolute atomic E-state index is 0.957. The van der Waals surface area contributed by atoms with Gasteiger partial charge in [0, 0.05) is 13.1 Å². The Labute approximate surface area is 122 Å². The molecule has 0 aromatic carbocycles. The fourth-order valence-electron chi connectivity index (χ4n) is 2.96. The van der Waals surface area contributed by atoms with E-state index in [1.807, 2.05) is 27.7 Å². The highest BCUT2D eigenvalue weighted by Gasteiger charge is 2.24. The first-order valence-electron chi connectivity index (χ1n) is 8.72. The van der Waals surface area contributed by atoms with E-state index in [0.717, 1.165) is 11.8 Å². The summed E-state index contributed by atoms with van der Waals surface area (Å²) in [6, 6.07) is 0. The normalized spacial score (nSPS) is 25.3. The molecule has 0 radical (unpaired) electrons. The van der Waals surface area contributed by atoms with Crippen molar-refractivity contribution in [3.8, 4) is 0 Å². The number of piperidine rings is 1. The molecule has 0 N–H and O–H groups in total. The summed E-state index contributed by atoms with van der Waals surface area (Å²) in [7, 11) is 0. The second-order valence-corrected chi connectivity index (χ2v) is 5.53. The molecule has 2 saturated heterocycles. The van der Waals surface area contributed by atoms with E-state index in [-0.39, 0.29) is 0 Å². The number of likely N-dealkylation sites (tertiary alicyclic amines) is 2. The number of hydrogen-bond acceptors (Lipinski definition) is 2. The van der Waals surface area contributed by atoms with Crippen molar-refractivity contribution in [2.75, 3.05) is 39.3 Å². The van der Waals surface area contributed by atoms with Gasteiger partial charge < -0.3 is 9.80 Å². The highest BCUT2D eigenvalue weighted by molar-refractivity contribution is 4.79. The molecule has 0 aliphatic carbocycles. The molecule has 2 heterocycles. The Morgan fingerprint density at radius 2 is 1.37 bits per heavy atom. The topological polar surface area (TPSA) is 6.48 Å². The van der Waals surface area contributed by atoms with Gasteiger partial charge in [0.05, 0.1) is 0 Å². The van der Waals surface area contributed by atoms with Crippen molar-refractivity contribution in [3.63, 3.8) is 0 Å². The van der Waals surface area contributed by atoms with Gasteiger partial charge in [-0.05, 0) is 57.3 Å². The summed E-state index contributed by atoms with van der Waals surface area (Å²) in [5.41, 5.74) is 0. The van der Waals surface area contributed by atoms with Gasteiger partial charge in [-0.25, -0.2) is 0 Å². The highest BCUT2D eigenvalue weighted by atomic mass is 15.2. The first-order valence-corrected chi connectivity index (χ1v) is 8.72. The standard InChI is InChI=1S/C13H26N2.2C2H6/c1-3-14-9-6-13(10-14)11-15-7-4-12(2)5-8-15;2*1-2/h12-13H,3-11H2,1-2H3;2*1-2H3. The zero-order chi connectivity index (χ0) is 14.7. The third kappa shape index (κ3) is 7.31. The summed E-state index contributed by atoms with van der Waals surface area (Å²) in [6.45, 7) is 20.7. The Hall–Kier alpha value is -0.0800. The van der Waals surface area contributed by atoms with E-state index in [2.05, 4.69) is 23.6 Å². The van der Waals surface area contributed by atoms with Crippen LogP contribution >= 0.6 is 0 Å². The Morgan fingerprint density at radius 3 is 1.84 bits per heavy atom. The van der Waals surface area contributed by atoms with E-state index < -0.39 is 0 Å². The molecule has 0 saturated carbocycles. The van der Waals surface area contributed by atoms with E-state index in [0.29, 0.717) is 0 Å². The van der Waals surface area contributed by atoms with Crippen LogP contribution in [-0.4, -0.2) is 49.1 Å². The van der Waals surface area contributed by atoms with Gasteiger partial charge in [0.1, 0.15) is 0 Å². The van der Waals surface area contributed by atoms with E-state index in [9.17, 15) is 0 Å². The molecule has 1 atom stereocenters. The lowest BCUT2D eigenvalue weighted by atomic mass is 9.98. The van der Waals surface area contributed by atoms with E-state index in [1.165, 1.54) is 58.5 Å². The second kappa shape index (κ2) is 11.7. The van der Waals surface area contributed by atoms with Gasteiger partial charge in [-0.15, -0.1) is 0 Å². The summed E-state index contributed by atoms with van der Waals surface area (Å²) in [5, 5.41) is 0. The van der Waals surface area contributed by atoms with Crippen LogP contribution in [0.15, 0.2) is 0 Å². The Bertz CT molecular complexity index is 186. The van der Waals surface area contributed by atoms with Crippen LogP contribution in [0.1, 0.15) is 60.8 Å². The van der Waals surface area contributed by atoms with Gasteiger partial charge >= 0.3 is 0 Å². The van der Waals surface area contributed by atoms with Gasteiger partial charge in [-0.2, -0.15) is 0 Å². The molecule has 2 aliphatic heterocycles. The van der Waals surface area contributed by atoms with Gasteiger partial charge in [0.25, 0.3) is 0 Å². The summed E-state index contributed by atoms with van der Waals surface area (Å²) in [6.07, 6.45) is 4.27. The number of nitrogens with zero attached hydrogens (tertiary/aromatic N) is 2. The van der Waals surface area contributed by atoms with Crippen LogP contribution in [0.4, 0.5) is 0 Å². The average Bonchev–Trinajstić information content (AvgIpc) is 2.93. The fraction of sp³-hybridized carbons (Fsp3) is 1.00. The van der Waals surface area contributed by atoms with Crippen LogP contribution in [-0.2, 0) is 0 Å². The molecule has 0 aromatic heterocycles. The summed E-state index contributed by atoms with van der Waals surface area (Å²) in [4.78, 5) is 5.29. The maximum absolute atomic E-state index is 2.70. The molecule has 2 heteroatoms. The fourth-order valence-corrected chi connectivity index (χ4v) is 2.96. The van der Waals surface area contributed by atoms with Crippen molar-refractivity contribution in [1.82, 2.24) is 9.80 Å². The molecule has 1 unspecified atom stereocenters. The van der Waals surface area contributed by atoms with E-state index in [4.69, 9.17) is 0 Å². The molecular weight excluding hydrogens is 232 g/mol. The Balaban J connectivity index is 0.000000741. The van der Waals surface area contributed by atoms with Crippen molar-refractivity contribution in [2.24, 2.45) is 11.8 Å². The third-order valence-corrected chi connectivity index (χ3v) is 4.21. The first kappa shape index (κ1) is 18.9. The van der Waals surface area contributed by atoms with Gasteiger partial charge in [-0.3, -0.25) is 0 Å². The van der Waals surface area contributed by atoms with Crippen LogP contribution in [0.3, 0.4) is 0 Å². The predicted molar refractivity (Wildman–Crippen MR) is 87.8 cm³/mol. The lowest BCUT2D eigenvalue weighted by molar-refractivity contribution is 0.166. The maximum Gasteiger partial charge on any atom is 0.00224 e. The van der Waals surface area contributed by atoms with Crippen molar-refractivity contribution in [2.45, 2.75) is 60.8 Å². The van der Waals surface area contributed by atoms with Crippen LogP contribution < -0.4 is 0 Å². The molecule has 19 heavy (non-hydrogen) atoms. The minimum atomic E-state index is 0.957. The van der Waals surface area contributed by atoms with Gasteiger partial charge in [-0.1, -0.05) is 41.5 Å². The first-order chi connectivity index (χ1) is 9.28. The quantitative estimate of drug-likeness (QED) is 0.761. The van der Waals surface area contributed by atoms with Crippen LogP contribution in [0, 0.1) is 11.8 Å². The monoisotopic (exact) mass is 270 g/mol. The minimum Gasteiger partial charge on any atom is -0.303 e. The zero-order valence-electron chi connectivity index (χ0n) is 14.4. The molecule has 2 fully saturated rings. The molecule has 116 valence electrons. The molecular formula is C17H38N2. The average molecular weight is 271 g/mol. The van der Waals surface area contributed by atoms with Crippen molar-refractivity contribution in [3.05, 3.63) is 0 Å². The zero-order valence-corrected chi connectivity index (χ0v) is 14.4. The molecule has 0 aromatic rings. The van der Waals surface area contributed by atoms with E-state index in [1.54, 1.807) is 0 Å². The second-order valence-electron chi connectivity index (χ2n) is 5.53. The highest BCUT2D eigenvalue weighted by Crippen LogP contribution is 2.21. The lowest BCUT2D eigenvalue weighted by Crippen LogP contribution is -2.37. The molecule has 0 bridgehead atoms. The molecule has 0 spiro atoms. The van der Waals surface area contributed by atoms with Crippen LogP contribution in [0.25, 0.3) is 0 Å². The molecule has 2 nitrogen and oxygen atoms in total. The van der Waals surface area contributed by atoms with Crippen LogP contribution in [0.5, 0.6) is 0 Å². The molecule has 2 aliphatic rings. The molecule has 0 amide bonds. The van der Waals surface area contributed by atoms with E-state index >= 15 is 0 Å². The van der Waals surface area contributed by atoms with Crippen molar-refractivity contribution in [1.29, 1.82) is 0 Å². The smallest absolute Gasteiger partial charge is 0.00224 e. The SMILES string of the molecule is CC.CC.CCN1CCC(CN2CCC(C)CC2)C1. The largest absolute Gasteiger partial charge is 0.303 e. The summed E-state index contributed by atoms with van der Waals surface area (Å²) in [5.74, 6) is 1.93. The van der Waals surface area contributed by atoms with Crippen LogP contribution in [0.2, 0.25) is 0 Å². The number of hydrogen-bond donors (Lipinski definition) is 0. The third-order valence-electron chi connectivity index (χ3n) is 4.21. The number of rotatable bonds is 3. The molecule has 2 rings (SSSR count). The maximum atomic E-state index is 2.70. The van der Waals surface area contributed by atoms with Crippen molar-refractivity contribution >= 4 is 0 Å². The van der Waals surface area contributed by atoms with Gasteiger partial charge in [0.2, 0.25) is 0 Å². The summed E-state index contributed by atoms with van der Waals surface area (Å²) < 4.78 is 0. The Morgan fingerprint density at radius 1 is 0.842 bits per heavy atom. The Kier molecular flexibility index (Phi) is 11.7. The lowest BCUT2D eigenvalue weighted by Gasteiger charge is -2.32. The predicted octanol–water partition coefficient (Wildman–Crippen LogP) is 4.11.